The minimum Gasteiger partial charge on any atom is -0.403 e. The molecule has 1 fully saturated rings. The third-order valence-electron chi connectivity index (χ3n) is 5.53. The van der Waals surface area contributed by atoms with Gasteiger partial charge in [-0.05, 0) is 29.8 Å². The number of aromatic nitrogens is 2. The molecule has 194 valence electrons. The van der Waals surface area contributed by atoms with E-state index in [0.717, 1.165) is 13.1 Å². The molecule has 3 N–H and O–H groups in total. The highest BCUT2D eigenvalue weighted by Gasteiger charge is 2.32. The van der Waals surface area contributed by atoms with Crippen molar-refractivity contribution in [3.8, 4) is 5.75 Å². The number of ketones is 1. The molecule has 0 atom stereocenters. The summed E-state index contributed by atoms with van der Waals surface area (Å²) >= 11 is 6.28. The van der Waals surface area contributed by atoms with Crippen molar-refractivity contribution in [2.45, 2.75) is 12.8 Å². The van der Waals surface area contributed by atoms with Crippen molar-refractivity contribution in [1.29, 1.82) is 0 Å². The Balaban J connectivity index is 1.60. The van der Waals surface area contributed by atoms with Crippen molar-refractivity contribution < 1.29 is 22.7 Å². The van der Waals surface area contributed by atoms with Gasteiger partial charge in [-0.1, -0.05) is 36.4 Å². The number of halogens is 4. The van der Waals surface area contributed by atoms with Gasteiger partial charge in [0.05, 0.1) is 11.9 Å². The average Bonchev–Trinajstić information content (AvgIpc) is 2.87. The molecule has 1 aromatic heterocycles. The zero-order valence-electron chi connectivity index (χ0n) is 19.6. The van der Waals surface area contributed by atoms with Gasteiger partial charge in [0.2, 0.25) is 5.95 Å². The van der Waals surface area contributed by atoms with Crippen LogP contribution in [-0.4, -0.2) is 48.3 Å². The summed E-state index contributed by atoms with van der Waals surface area (Å²) in [6.07, 6.45) is -2.21. The molecule has 2 heterocycles. The highest BCUT2D eigenvalue weighted by atomic mass is 35.5. The Morgan fingerprint density at radius 2 is 1.92 bits per heavy atom. The quantitative estimate of drug-likeness (QED) is 0.323. The van der Waals surface area contributed by atoms with Crippen LogP contribution in [0.3, 0.4) is 0 Å². The molecule has 2 aromatic carbocycles. The number of ether oxygens (including phenoxy) is 1. The monoisotopic (exact) mass is 532 g/mol. The lowest BCUT2D eigenvalue weighted by Crippen LogP contribution is -2.43. The molecule has 1 aliphatic heterocycles. The predicted octanol–water partition coefficient (Wildman–Crippen LogP) is 5.22. The van der Waals surface area contributed by atoms with Crippen molar-refractivity contribution >= 4 is 46.2 Å². The normalized spacial score (nSPS) is 13.7. The van der Waals surface area contributed by atoms with Crippen LogP contribution in [0.4, 0.5) is 42.0 Å². The summed E-state index contributed by atoms with van der Waals surface area (Å²) < 4.78 is 43.9. The molecular weight excluding hydrogens is 509 g/mol. The van der Waals surface area contributed by atoms with Crippen LogP contribution >= 0.6 is 11.6 Å². The van der Waals surface area contributed by atoms with E-state index in [1.165, 1.54) is 24.4 Å². The largest absolute Gasteiger partial charge is 0.573 e. The lowest BCUT2D eigenvalue weighted by Gasteiger charge is -2.30. The van der Waals surface area contributed by atoms with Gasteiger partial charge in [0.1, 0.15) is 5.02 Å². The summed E-state index contributed by atoms with van der Waals surface area (Å²) in [5, 5.41) is 9.24. The topological polar surface area (TPSA) is 91.4 Å². The highest BCUT2D eigenvalue weighted by molar-refractivity contribution is 6.32. The minimum atomic E-state index is -4.89. The van der Waals surface area contributed by atoms with Gasteiger partial charge < -0.3 is 25.6 Å². The van der Waals surface area contributed by atoms with Gasteiger partial charge in [-0.15, -0.1) is 13.2 Å². The van der Waals surface area contributed by atoms with Gasteiger partial charge in [0, 0.05) is 50.0 Å². The van der Waals surface area contributed by atoms with E-state index in [1.54, 1.807) is 30.3 Å². The summed E-state index contributed by atoms with van der Waals surface area (Å²) in [6, 6.07) is 11.6. The van der Waals surface area contributed by atoms with Gasteiger partial charge in [0.25, 0.3) is 0 Å². The SMILES string of the molecule is C=CC(=O)Cc1ccccc1Nc1nc(Nc2ccc(N3CCNCC3)cc2OC(F)(F)F)ncc1Cl. The third-order valence-corrected chi connectivity index (χ3v) is 5.80. The van der Waals surface area contributed by atoms with Gasteiger partial charge in [0.15, 0.2) is 17.4 Å². The molecule has 0 amide bonds. The number of piperazine rings is 1. The number of nitrogens with zero attached hydrogens (tertiary/aromatic N) is 3. The van der Waals surface area contributed by atoms with Crippen LogP contribution in [-0.2, 0) is 11.2 Å². The van der Waals surface area contributed by atoms with E-state index in [9.17, 15) is 18.0 Å². The molecule has 8 nitrogen and oxygen atoms in total. The maximum Gasteiger partial charge on any atom is 0.573 e. The van der Waals surface area contributed by atoms with E-state index in [2.05, 4.69) is 37.2 Å². The number of anilines is 5. The zero-order chi connectivity index (χ0) is 26.4. The van der Waals surface area contributed by atoms with Crippen LogP contribution in [0.2, 0.25) is 5.02 Å². The highest BCUT2D eigenvalue weighted by Crippen LogP contribution is 2.36. The summed E-state index contributed by atoms with van der Waals surface area (Å²) in [5.41, 5.74) is 1.92. The molecule has 4 rings (SSSR count). The summed E-state index contributed by atoms with van der Waals surface area (Å²) in [7, 11) is 0. The first kappa shape index (κ1) is 26.2. The number of para-hydroxylation sites is 1. The predicted molar refractivity (Wildman–Crippen MR) is 137 cm³/mol. The molecule has 0 unspecified atom stereocenters. The van der Waals surface area contributed by atoms with Gasteiger partial charge in [-0.2, -0.15) is 4.98 Å². The molecule has 0 saturated carbocycles. The zero-order valence-corrected chi connectivity index (χ0v) is 20.4. The van der Waals surface area contributed by atoms with Crippen molar-refractivity contribution in [2.75, 3.05) is 41.7 Å². The van der Waals surface area contributed by atoms with Crippen LogP contribution in [0.5, 0.6) is 5.75 Å². The summed E-state index contributed by atoms with van der Waals surface area (Å²) in [4.78, 5) is 22.3. The lowest BCUT2D eigenvalue weighted by atomic mass is 10.1. The number of alkyl halides is 3. The number of hydrogen-bond donors (Lipinski definition) is 3. The van der Waals surface area contributed by atoms with Gasteiger partial charge in [-0.3, -0.25) is 4.79 Å². The first-order valence-electron chi connectivity index (χ1n) is 11.4. The van der Waals surface area contributed by atoms with Gasteiger partial charge >= 0.3 is 6.36 Å². The Morgan fingerprint density at radius 1 is 1.16 bits per heavy atom. The first-order chi connectivity index (χ1) is 17.7. The smallest absolute Gasteiger partial charge is 0.403 e. The second-order valence-electron chi connectivity index (χ2n) is 8.11. The van der Waals surface area contributed by atoms with Crippen molar-refractivity contribution in [1.82, 2.24) is 15.3 Å². The second-order valence-corrected chi connectivity index (χ2v) is 8.52. The molecule has 0 aliphatic carbocycles. The van der Waals surface area contributed by atoms with Crippen molar-refractivity contribution in [2.24, 2.45) is 0 Å². The number of hydrogen-bond acceptors (Lipinski definition) is 8. The Morgan fingerprint density at radius 3 is 2.65 bits per heavy atom. The number of carbonyl (C=O) groups is 1. The van der Waals surface area contributed by atoms with Crippen molar-refractivity contribution in [3.05, 3.63) is 71.9 Å². The molecule has 12 heteroatoms. The fraction of sp³-hybridized carbons (Fsp3) is 0.240. The van der Waals surface area contributed by atoms with E-state index in [4.69, 9.17) is 11.6 Å². The Hall–Kier alpha value is -3.83. The number of allylic oxidation sites excluding steroid dienone is 1. The molecule has 1 aliphatic rings. The van der Waals surface area contributed by atoms with Gasteiger partial charge in [-0.25, -0.2) is 4.98 Å². The Kier molecular flexibility index (Phi) is 8.14. The lowest BCUT2D eigenvalue weighted by molar-refractivity contribution is -0.274. The Labute approximate surface area is 216 Å². The van der Waals surface area contributed by atoms with Crippen LogP contribution in [0.1, 0.15) is 5.56 Å². The molecular formula is C25H24ClF3N6O2. The number of rotatable bonds is 9. The fourth-order valence-corrected chi connectivity index (χ4v) is 3.90. The van der Waals surface area contributed by atoms with E-state index in [0.29, 0.717) is 30.0 Å². The standard InChI is InChI=1S/C25H24ClF3N6O2/c1-2-18(36)13-16-5-3-4-6-20(16)32-23-19(26)15-31-24(34-23)33-21-8-7-17(35-11-9-30-10-12-35)14-22(21)37-25(27,28)29/h2-8,14-15,30H,1,9-13H2,(H2,31,32,33,34). The second kappa shape index (κ2) is 11.5. The number of carbonyl (C=O) groups excluding carboxylic acids is 1. The summed E-state index contributed by atoms with van der Waals surface area (Å²) in [6.45, 7) is 6.27. The third kappa shape index (κ3) is 7.11. The molecule has 3 aromatic rings. The van der Waals surface area contributed by atoms with Crippen molar-refractivity contribution in [3.63, 3.8) is 0 Å². The minimum absolute atomic E-state index is 0.00602. The van der Waals surface area contributed by atoms with Crippen LogP contribution in [0, 0.1) is 0 Å². The molecule has 0 bridgehead atoms. The Bertz CT molecular complexity index is 1280. The fourth-order valence-electron chi connectivity index (χ4n) is 3.76. The maximum atomic E-state index is 13.2. The molecule has 0 spiro atoms. The van der Waals surface area contributed by atoms with E-state index >= 15 is 0 Å². The maximum absolute atomic E-state index is 13.2. The van der Waals surface area contributed by atoms with E-state index in [1.807, 2.05) is 4.90 Å². The number of benzene rings is 2. The van der Waals surface area contributed by atoms with Crippen LogP contribution in [0.15, 0.2) is 61.3 Å². The number of nitrogens with one attached hydrogen (secondary N) is 3. The van der Waals surface area contributed by atoms with E-state index < -0.39 is 12.1 Å². The first-order valence-corrected chi connectivity index (χ1v) is 11.7. The molecule has 37 heavy (non-hydrogen) atoms. The molecule has 0 radical (unpaired) electrons. The van der Waals surface area contributed by atoms with E-state index in [-0.39, 0.29) is 34.7 Å². The van der Waals surface area contributed by atoms with Crippen LogP contribution in [0.25, 0.3) is 0 Å². The van der Waals surface area contributed by atoms with Crippen LogP contribution < -0.4 is 25.6 Å². The average molecular weight is 533 g/mol. The summed E-state index contributed by atoms with van der Waals surface area (Å²) in [5.74, 6) is -0.376. The molecule has 1 saturated heterocycles.